The van der Waals surface area contributed by atoms with Crippen LogP contribution in [-0.2, 0) is 0 Å². The van der Waals surface area contributed by atoms with Crippen molar-refractivity contribution in [1.29, 1.82) is 0 Å². The summed E-state index contributed by atoms with van der Waals surface area (Å²) in [7, 11) is 0. The lowest BCUT2D eigenvalue weighted by Crippen LogP contribution is -2.33. The molecule has 0 saturated carbocycles. The first-order chi connectivity index (χ1) is 11.2. The second-order valence-corrected chi connectivity index (χ2v) is 5.92. The van der Waals surface area contributed by atoms with E-state index in [1.54, 1.807) is 12.3 Å². The minimum absolute atomic E-state index is 0.00850. The molecule has 6 heteroatoms. The van der Waals surface area contributed by atoms with Crippen LogP contribution in [0.15, 0.2) is 36.5 Å². The monoisotopic (exact) mass is 336 g/mol. The number of nitrogens with one attached hydrogen (secondary N) is 1. The maximum atomic E-state index is 13.2. The molecule has 1 aliphatic rings. The first-order valence-electron chi connectivity index (χ1n) is 7.64. The number of aromatic nitrogens is 1. The third kappa shape index (κ3) is 4.33. The van der Waals surface area contributed by atoms with Crippen molar-refractivity contribution in [2.45, 2.75) is 12.8 Å². The summed E-state index contributed by atoms with van der Waals surface area (Å²) in [4.78, 5) is 4.19. The van der Waals surface area contributed by atoms with Crippen molar-refractivity contribution < 1.29 is 13.9 Å². The summed E-state index contributed by atoms with van der Waals surface area (Å²) in [6.45, 7) is 2.65. The van der Waals surface area contributed by atoms with E-state index < -0.39 is 5.82 Å². The van der Waals surface area contributed by atoms with Gasteiger partial charge in [0, 0.05) is 24.7 Å². The Labute approximate surface area is 139 Å². The van der Waals surface area contributed by atoms with Crippen LogP contribution < -0.4 is 14.8 Å². The molecule has 2 heterocycles. The fourth-order valence-corrected chi connectivity index (χ4v) is 2.66. The molecule has 23 heavy (non-hydrogen) atoms. The van der Waals surface area contributed by atoms with Crippen LogP contribution in [0.2, 0.25) is 5.02 Å². The van der Waals surface area contributed by atoms with Crippen LogP contribution in [0.4, 0.5) is 4.39 Å². The quantitative estimate of drug-likeness (QED) is 0.894. The van der Waals surface area contributed by atoms with E-state index in [-0.39, 0.29) is 5.02 Å². The van der Waals surface area contributed by atoms with Crippen molar-refractivity contribution in [2.75, 3.05) is 19.7 Å². The summed E-state index contributed by atoms with van der Waals surface area (Å²) in [6, 6.07) is 7.78. The summed E-state index contributed by atoms with van der Waals surface area (Å²) < 4.78 is 24.8. The van der Waals surface area contributed by atoms with E-state index in [9.17, 15) is 4.39 Å². The molecular weight excluding hydrogens is 319 g/mol. The lowest BCUT2D eigenvalue weighted by atomic mass is 10.0. The molecule has 0 bridgehead atoms. The number of hydrogen-bond acceptors (Lipinski definition) is 4. The molecule has 3 rings (SSSR count). The molecule has 0 amide bonds. The van der Waals surface area contributed by atoms with Crippen molar-refractivity contribution in [1.82, 2.24) is 10.3 Å². The fraction of sp³-hybridized carbons (Fsp3) is 0.353. The van der Waals surface area contributed by atoms with Crippen LogP contribution in [0.1, 0.15) is 12.8 Å². The van der Waals surface area contributed by atoms with E-state index in [4.69, 9.17) is 21.1 Å². The first-order valence-corrected chi connectivity index (χ1v) is 8.01. The van der Waals surface area contributed by atoms with Crippen molar-refractivity contribution in [3.8, 4) is 17.4 Å². The molecule has 2 aromatic rings. The number of rotatable bonds is 5. The zero-order valence-electron chi connectivity index (χ0n) is 12.6. The average molecular weight is 337 g/mol. The molecule has 122 valence electrons. The molecule has 0 unspecified atom stereocenters. The Balaban J connectivity index is 1.68. The highest BCUT2D eigenvalue weighted by Gasteiger charge is 2.15. The molecule has 0 radical (unpaired) electrons. The van der Waals surface area contributed by atoms with Gasteiger partial charge in [-0.2, -0.15) is 0 Å². The largest absolute Gasteiger partial charge is 0.488 e. The Bertz CT molecular complexity index is 663. The third-order valence-electron chi connectivity index (χ3n) is 3.72. The normalized spacial score (nSPS) is 17.7. The number of pyridine rings is 1. The number of hydrogen-bond donors (Lipinski definition) is 1. The van der Waals surface area contributed by atoms with Gasteiger partial charge in [0.2, 0.25) is 0 Å². The summed E-state index contributed by atoms with van der Waals surface area (Å²) in [5.41, 5.74) is 0. The minimum atomic E-state index is -0.485. The fourth-order valence-electron chi connectivity index (χ4n) is 2.49. The predicted molar refractivity (Wildman–Crippen MR) is 86.8 cm³/mol. The first kappa shape index (κ1) is 16.0. The van der Waals surface area contributed by atoms with Crippen LogP contribution in [0.3, 0.4) is 0 Å². The Kier molecular flexibility index (Phi) is 5.31. The number of halogens is 2. The Morgan fingerprint density at radius 2 is 2.26 bits per heavy atom. The summed E-state index contributed by atoms with van der Waals surface area (Å²) in [5.74, 6) is 1.33. The standard InChI is InChI=1S/C17H18ClFN2O2/c18-14-9-13(5-6-15(14)19)23-17-16(4-2-8-21-17)22-11-12-3-1-7-20-10-12/h2,4-6,8-9,12,20H,1,3,7,10-11H2/t12-/m0/s1. The summed E-state index contributed by atoms with van der Waals surface area (Å²) in [5, 5.41) is 3.37. The van der Waals surface area contributed by atoms with Gasteiger partial charge in [0.15, 0.2) is 5.75 Å². The van der Waals surface area contributed by atoms with E-state index >= 15 is 0 Å². The van der Waals surface area contributed by atoms with Crippen molar-refractivity contribution in [2.24, 2.45) is 5.92 Å². The summed E-state index contributed by atoms with van der Waals surface area (Å²) >= 11 is 5.77. The number of nitrogens with zero attached hydrogens (tertiary/aromatic N) is 1. The minimum Gasteiger partial charge on any atom is -0.488 e. The van der Waals surface area contributed by atoms with E-state index in [1.807, 2.05) is 6.07 Å². The predicted octanol–water partition coefficient (Wildman–Crippen LogP) is 4.04. The van der Waals surface area contributed by atoms with Gasteiger partial charge < -0.3 is 14.8 Å². The van der Waals surface area contributed by atoms with E-state index in [2.05, 4.69) is 10.3 Å². The van der Waals surface area contributed by atoms with Crippen molar-refractivity contribution in [3.63, 3.8) is 0 Å². The van der Waals surface area contributed by atoms with Crippen LogP contribution in [-0.4, -0.2) is 24.7 Å². The van der Waals surface area contributed by atoms with E-state index in [0.29, 0.717) is 29.9 Å². The Hall–Kier alpha value is -1.85. The highest BCUT2D eigenvalue weighted by atomic mass is 35.5. The van der Waals surface area contributed by atoms with Gasteiger partial charge in [0.1, 0.15) is 11.6 Å². The van der Waals surface area contributed by atoms with Gasteiger partial charge in [0.25, 0.3) is 5.88 Å². The molecule has 1 aromatic carbocycles. The second kappa shape index (κ2) is 7.62. The van der Waals surface area contributed by atoms with Gasteiger partial charge in [-0.25, -0.2) is 9.37 Å². The van der Waals surface area contributed by atoms with Crippen LogP contribution in [0.25, 0.3) is 0 Å². The van der Waals surface area contributed by atoms with Crippen LogP contribution >= 0.6 is 11.6 Å². The lowest BCUT2D eigenvalue weighted by molar-refractivity contribution is 0.212. The smallest absolute Gasteiger partial charge is 0.262 e. The molecule has 1 N–H and O–H groups in total. The molecule has 0 spiro atoms. The Morgan fingerprint density at radius 1 is 1.35 bits per heavy atom. The molecule has 1 aromatic heterocycles. The van der Waals surface area contributed by atoms with E-state index in [0.717, 1.165) is 19.5 Å². The SMILES string of the molecule is Fc1ccc(Oc2ncccc2OC[C@H]2CCCNC2)cc1Cl. The van der Waals surface area contributed by atoms with Crippen LogP contribution in [0, 0.1) is 11.7 Å². The lowest BCUT2D eigenvalue weighted by Gasteiger charge is -2.23. The molecule has 1 saturated heterocycles. The topological polar surface area (TPSA) is 43.4 Å². The summed E-state index contributed by atoms with van der Waals surface area (Å²) in [6.07, 6.45) is 3.94. The van der Waals surface area contributed by atoms with Crippen LogP contribution in [0.5, 0.6) is 17.4 Å². The second-order valence-electron chi connectivity index (χ2n) is 5.51. The van der Waals surface area contributed by atoms with Crippen molar-refractivity contribution >= 4 is 11.6 Å². The van der Waals surface area contributed by atoms with Gasteiger partial charge >= 0.3 is 0 Å². The number of benzene rings is 1. The molecule has 1 atom stereocenters. The van der Waals surface area contributed by atoms with Gasteiger partial charge in [-0.3, -0.25) is 0 Å². The highest BCUT2D eigenvalue weighted by molar-refractivity contribution is 6.30. The average Bonchev–Trinajstić information content (AvgIpc) is 2.58. The number of ether oxygens (including phenoxy) is 2. The van der Waals surface area contributed by atoms with Gasteiger partial charge in [-0.05, 0) is 43.7 Å². The highest BCUT2D eigenvalue weighted by Crippen LogP contribution is 2.31. The van der Waals surface area contributed by atoms with Gasteiger partial charge in [-0.1, -0.05) is 11.6 Å². The molecule has 1 aliphatic heterocycles. The van der Waals surface area contributed by atoms with Gasteiger partial charge in [0.05, 0.1) is 11.6 Å². The molecule has 0 aliphatic carbocycles. The van der Waals surface area contributed by atoms with Gasteiger partial charge in [-0.15, -0.1) is 0 Å². The maximum absolute atomic E-state index is 13.2. The molecule has 1 fully saturated rings. The zero-order valence-corrected chi connectivity index (χ0v) is 13.4. The maximum Gasteiger partial charge on any atom is 0.262 e. The zero-order chi connectivity index (χ0) is 16.1. The number of piperidine rings is 1. The Morgan fingerprint density at radius 3 is 3.04 bits per heavy atom. The van der Waals surface area contributed by atoms with E-state index in [1.165, 1.54) is 24.6 Å². The third-order valence-corrected chi connectivity index (χ3v) is 4.00. The van der Waals surface area contributed by atoms with Crippen molar-refractivity contribution in [3.05, 3.63) is 47.4 Å². The molecule has 4 nitrogen and oxygen atoms in total. The molecular formula is C17H18ClFN2O2.